The maximum atomic E-state index is 11.5. The van der Waals surface area contributed by atoms with Gasteiger partial charge in [0, 0.05) is 9.49 Å². The largest absolute Gasteiger partial charge is 0.322 e. The lowest BCUT2D eigenvalue weighted by Gasteiger charge is -2.28. The van der Waals surface area contributed by atoms with Gasteiger partial charge in [-0.25, -0.2) is 0 Å². The molecule has 0 radical (unpaired) electrons. The summed E-state index contributed by atoms with van der Waals surface area (Å²) in [4.78, 5) is 0. The van der Waals surface area contributed by atoms with Crippen LogP contribution >= 0.6 is 33.5 Å². The van der Waals surface area contributed by atoms with Crippen molar-refractivity contribution in [1.29, 1.82) is 0 Å². The molecule has 0 bridgehead atoms. The summed E-state index contributed by atoms with van der Waals surface area (Å²) in [6, 6.07) is 0. The minimum absolute atomic E-state index is 0.607. The summed E-state index contributed by atoms with van der Waals surface area (Å²) in [7, 11) is -2.75. The van der Waals surface area contributed by atoms with Crippen molar-refractivity contribution < 1.29 is 13.6 Å². The van der Waals surface area contributed by atoms with E-state index in [-0.39, 0.29) is 0 Å². The third kappa shape index (κ3) is 6.49. The maximum Gasteiger partial charge on any atom is 0.322 e. The number of hydrogen-bond donors (Lipinski definition) is 4. The van der Waals surface area contributed by atoms with E-state index in [1.165, 1.54) is 0 Å². The fourth-order valence-corrected chi connectivity index (χ4v) is 1.89. The first kappa shape index (κ1) is 16.8. The number of nitrogens with two attached hydrogens (primary N) is 2. The Labute approximate surface area is 108 Å². The summed E-state index contributed by atoms with van der Waals surface area (Å²) in [5, 5.41) is 0. The first-order chi connectivity index (χ1) is 6.94. The fourth-order valence-electron chi connectivity index (χ4n) is 0.524. The molecule has 98 valence electrons. The van der Waals surface area contributed by atoms with Gasteiger partial charge in [0.2, 0.25) is 0 Å². The Balaban J connectivity index is 4.21. The fraction of sp³-hybridized carbons (Fsp3) is 1.00. The van der Waals surface area contributed by atoms with E-state index in [4.69, 9.17) is 20.5 Å². The Morgan fingerprint density at radius 2 is 1.25 bits per heavy atom. The highest BCUT2D eigenvalue weighted by atomic mass is 32.1. The molecule has 0 aromatic rings. The van der Waals surface area contributed by atoms with Crippen LogP contribution in [0.25, 0.3) is 0 Å². The predicted octanol–water partition coefficient (Wildman–Crippen LogP) is 1.40. The summed E-state index contributed by atoms with van der Waals surface area (Å²) < 4.78 is 20.2. The molecule has 0 rings (SSSR count). The zero-order valence-electron chi connectivity index (χ0n) is 9.93. The topological polar surface area (TPSA) is 87.6 Å². The van der Waals surface area contributed by atoms with Crippen molar-refractivity contribution in [2.45, 2.75) is 49.6 Å². The Bertz CT molecular complexity index is 229. The summed E-state index contributed by atoms with van der Waals surface area (Å²) >= 11 is 8.39. The quantitative estimate of drug-likeness (QED) is 0.337. The molecule has 0 aromatic heterocycles. The van der Waals surface area contributed by atoms with E-state index < -0.39 is 30.2 Å². The normalized spacial score (nSPS) is 19.2. The lowest BCUT2D eigenvalue weighted by molar-refractivity contribution is 0.108. The Morgan fingerprint density at radius 3 is 1.44 bits per heavy atom. The average molecular weight is 288 g/mol. The second-order valence-corrected chi connectivity index (χ2v) is 7.91. The van der Waals surface area contributed by atoms with Crippen LogP contribution in [0, 0.1) is 0 Å². The lowest BCUT2D eigenvalue weighted by atomic mass is 10.2. The molecule has 0 heterocycles. The molecule has 0 saturated heterocycles. The number of rotatable bonds is 6. The molecule has 0 amide bonds. The highest BCUT2D eigenvalue weighted by Gasteiger charge is 2.28. The van der Waals surface area contributed by atoms with Gasteiger partial charge in [-0.2, -0.15) is 25.3 Å². The zero-order valence-corrected chi connectivity index (χ0v) is 12.7. The van der Waals surface area contributed by atoms with Gasteiger partial charge < -0.3 is 11.5 Å². The first-order valence-electron chi connectivity index (χ1n) is 4.78. The average Bonchev–Trinajstić information content (AvgIpc) is 1.99. The van der Waals surface area contributed by atoms with Crippen molar-refractivity contribution in [3.05, 3.63) is 0 Å². The van der Waals surface area contributed by atoms with Gasteiger partial charge in [-0.3, -0.25) is 13.6 Å². The zero-order chi connectivity index (χ0) is 13.1. The third-order valence-corrected chi connectivity index (χ3v) is 3.24. The van der Waals surface area contributed by atoms with E-state index in [9.17, 15) is 4.57 Å². The summed E-state index contributed by atoms with van der Waals surface area (Å²) in [5.74, 6) is 0. The van der Waals surface area contributed by atoms with Gasteiger partial charge in [-0.05, 0) is 27.7 Å². The molecule has 0 aliphatic rings. The van der Waals surface area contributed by atoms with Gasteiger partial charge in [0.05, 0.1) is 0 Å². The molecule has 0 saturated carbocycles. The van der Waals surface area contributed by atoms with Crippen molar-refractivity contribution in [3.63, 3.8) is 0 Å². The molecular formula is C8H21N2O3PS2. The lowest BCUT2D eigenvalue weighted by Crippen LogP contribution is -2.42. The first-order valence-corrected chi connectivity index (χ1v) is 6.89. The monoisotopic (exact) mass is 288 g/mol. The maximum absolute atomic E-state index is 11.5. The van der Waals surface area contributed by atoms with E-state index >= 15 is 0 Å². The third-order valence-electron chi connectivity index (χ3n) is 1.84. The van der Waals surface area contributed by atoms with Crippen molar-refractivity contribution in [3.8, 4) is 0 Å². The van der Waals surface area contributed by atoms with Gasteiger partial charge in [-0.1, -0.05) is 0 Å². The van der Waals surface area contributed by atoms with Gasteiger partial charge in [-0.15, -0.1) is 0 Å². The van der Waals surface area contributed by atoms with Crippen molar-refractivity contribution in [2.24, 2.45) is 11.5 Å². The van der Waals surface area contributed by atoms with Crippen LogP contribution in [-0.2, 0) is 13.6 Å². The van der Waals surface area contributed by atoms with Crippen LogP contribution in [-0.4, -0.2) is 21.9 Å². The predicted molar refractivity (Wildman–Crippen MR) is 73.3 cm³/mol. The molecule has 0 fully saturated rings. The highest BCUT2D eigenvalue weighted by molar-refractivity contribution is 7.82. The molecule has 16 heavy (non-hydrogen) atoms. The Hall–Kier alpha value is 0.770. The molecule has 2 unspecified atom stereocenters. The van der Waals surface area contributed by atoms with E-state index in [0.717, 1.165) is 0 Å². The summed E-state index contributed by atoms with van der Waals surface area (Å²) in [6.07, 6.45) is -1.59. The van der Waals surface area contributed by atoms with Gasteiger partial charge in [0.25, 0.3) is 0 Å². The van der Waals surface area contributed by atoms with Crippen molar-refractivity contribution in [2.75, 3.05) is 0 Å². The summed E-state index contributed by atoms with van der Waals surface area (Å²) in [5.41, 5.74) is 11.2. The smallest absolute Gasteiger partial charge is 0.305 e. The van der Waals surface area contributed by atoms with Crippen LogP contribution in [0.2, 0.25) is 0 Å². The summed E-state index contributed by atoms with van der Waals surface area (Å²) in [6.45, 7) is 6.99. The van der Waals surface area contributed by atoms with Crippen LogP contribution in [0.1, 0.15) is 27.7 Å². The number of thiol groups is 2. The van der Waals surface area contributed by atoms with Crippen molar-refractivity contribution in [1.82, 2.24) is 0 Å². The standard InChI is InChI=1S/C8H21N2O3PS2/c1-7(2,15)5(9)12-14(11)13-6(10)8(3,4)16/h5-6,14-16H,9-10H2,1-4H3. The van der Waals surface area contributed by atoms with E-state index in [1.807, 2.05) is 0 Å². The molecule has 0 aliphatic heterocycles. The molecule has 8 heteroatoms. The second-order valence-electron chi connectivity index (χ2n) is 4.63. The van der Waals surface area contributed by atoms with Crippen LogP contribution in [0.3, 0.4) is 0 Å². The van der Waals surface area contributed by atoms with Crippen LogP contribution in [0.4, 0.5) is 0 Å². The minimum atomic E-state index is -2.75. The SMILES string of the molecule is CC(C)(S)C(N)O[PH](=O)OC(N)C(C)(C)S. The minimum Gasteiger partial charge on any atom is -0.305 e. The van der Waals surface area contributed by atoms with Crippen molar-refractivity contribution >= 4 is 33.5 Å². The number of hydrogen-bond acceptors (Lipinski definition) is 7. The van der Waals surface area contributed by atoms with E-state index in [0.29, 0.717) is 0 Å². The van der Waals surface area contributed by atoms with Crippen LogP contribution in [0.15, 0.2) is 0 Å². The van der Waals surface area contributed by atoms with Gasteiger partial charge in [0.15, 0.2) is 0 Å². The molecule has 0 aliphatic carbocycles. The second kappa shape index (κ2) is 6.09. The Morgan fingerprint density at radius 1 is 1.00 bits per heavy atom. The molecule has 4 N–H and O–H groups in total. The molecule has 5 nitrogen and oxygen atoms in total. The molecule has 0 spiro atoms. The van der Waals surface area contributed by atoms with Crippen LogP contribution < -0.4 is 11.5 Å². The van der Waals surface area contributed by atoms with E-state index in [2.05, 4.69) is 25.3 Å². The Kier molecular flexibility index (Phi) is 6.38. The molecule has 0 aromatic carbocycles. The van der Waals surface area contributed by atoms with E-state index in [1.54, 1.807) is 27.7 Å². The van der Waals surface area contributed by atoms with Gasteiger partial charge in [0.1, 0.15) is 12.5 Å². The highest BCUT2D eigenvalue weighted by Crippen LogP contribution is 2.33. The molecular weight excluding hydrogens is 267 g/mol. The van der Waals surface area contributed by atoms with Crippen LogP contribution in [0.5, 0.6) is 0 Å². The molecule has 2 atom stereocenters. The van der Waals surface area contributed by atoms with Gasteiger partial charge >= 0.3 is 8.25 Å².